The third kappa shape index (κ3) is 11.2. The maximum atomic E-state index is 12.3. The molecule has 0 heterocycles. The third-order valence-electron chi connectivity index (χ3n) is 38.5. The molecule has 28 rings (SSSR count). The van der Waals surface area contributed by atoms with Gasteiger partial charge in [-0.2, -0.15) is 0 Å². The summed E-state index contributed by atoms with van der Waals surface area (Å²) in [4.78, 5) is 73.0. The number of carboxylic acids is 6. The quantitative estimate of drug-likeness (QED) is 0.0231. The summed E-state index contributed by atoms with van der Waals surface area (Å²) < 4.78 is 0. The first kappa shape index (κ1) is 85.6. The molecule has 12 heteroatoms. The Hall–Kier alpha value is -14.4. The van der Waals surface area contributed by atoms with Gasteiger partial charge in [-0.1, -0.05) is 291 Å². The van der Waals surface area contributed by atoms with Crippen LogP contribution in [0.15, 0.2) is 369 Å². The zero-order valence-electron chi connectivity index (χ0n) is 79.2. The molecule has 5 fully saturated rings. The second-order valence-corrected chi connectivity index (χ2v) is 44.1. The summed E-state index contributed by atoms with van der Waals surface area (Å²) in [5, 5.41) is 59.9. The van der Waals surface area contributed by atoms with Crippen LogP contribution in [0.25, 0.3) is 66.8 Å². The molecule has 16 aliphatic rings. The van der Waals surface area contributed by atoms with E-state index in [0.717, 1.165) is 164 Å². The fourth-order valence-corrected chi connectivity index (χ4v) is 34.1. The van der Waals surface area contributed by atoms with Crippen LogP contribution in [0.3, 0.4) is 0 Å². The number of aliphatic carboxylic acids is 6. The Morgan fingerprint density at radius 3 is 0.500 bits per heavy atom. The molecule has 12 nitrogen and oxygen atoms in total. The lowest BCUT2D eigenvalue weighted by Crippen LogP contribution is -2.66. The molecular formula is C130H108O12. The van der Waals surface area contributed by atoms with Crippen LogP contribution in [0.5, 0.6) is 0 Å². The molecule has 0 bridgehead atoms. The molecular weight excluding hydrogens is 1750 g/mol. The minimum absolute atomic E-state index is 0.0338. The van der Waals surface area contributed by atoms with Crippen molar-refractivity contribution in [2.24, 2.45) is 59.2 Å². The zero-order chi connectivity index (χ0) is 95.7. The van der Waals surface area contributed by atoms with Gasteiger partial charge in [0.25, 0.3) is 0 Å². The van der Waals surface area contributed by atoms with Gasteiger partial charge in [0, 0.05) is 38.5 Å². The fourth-order valence-electron chi connectivity index (χ4n) is 34.1. The van der Waals surface area contributed by atoms with E-state index in [1.807, 2.05) is 0 Å². The summed E-state index contributed by atoms with van der Waals surface area (Å²) in [6, 6.07) is 113. The first-order valence-corrected chi connectivity index (χ1v) is 52.1. The number of allylic oxidation sites excluding steroid dienone is 14. The first-order valence-electron chi connectivity index (χ1n) is 52.1. The molecule has 0 amide bonds. The predicted octanol–water partition coefficient (Wildman–Crippen LogP) is 26.1. The van der Waals surface area contributed by atoms with Crippen molar-refractivity contribution in [1.82, 2.24) is 0 Å². The Morgan fingerprint density at radius 1 is 0.176 bits per heavy atom. The molecule has 12 aromatic carbocycles. The van der Waals surface area contributed by atoms with Crippen LogP contribution in [0.2, 0.25) is 0 Å². The van der Waals surface area contributed by atoms with Crippen LogP contribution >= 0.6 is 0 Å². The Kier molecular flexibility index (Phi) is 18.7. The van der Waals surface area contributed by atoms with Crippen molar-refractivity contribution in [3.8, 4) is 66.8 Å². The standard InChI is InChI=1S/C130H108O12/c131-105(132)65-13-71-1-19-77(20-2-71)83-31-43-89(44-32-83)125-111-95-55-56-96-98-58-60-100-102-62-64-104-103-63-61-101-99-59-57-97(95)113(125)115(99)127(91-47-35-85(36-48-91)79-23-5-73(6-24-79)15-67-107(135)136)117(101)119(103)129(93-51-39-87(40-52-93)81-27-9-75(10-28-81)17-69-109(139)140)120(104)118(102)128(92-49-37-86(38-50-92)80-25-7-74(8-26-80)16-68-108(137)138)116(100)114(98)126(112(96)111,90-45-33-84(34-46-90)78-21-3-72(4-22-78)14-66-106(133)134)122-121(125)123(127)130(129,124(122)128)94-53-41-88(42-54-94)82-29-11-76(12-30-82)18-70-110(141)142/h1-12,19-54,95-104H,13-18,55-70H2,(H,131,132)(H,133,134)(H,135,136)(H,137,138)(H,139,140)(H,141,142)/t95?,96?,97?,98?,99?,100?,101?,102?,103?,104?,125-,126+,127-,128+,129?,130?. The van der Waals surface area contributed by atoms with E-state index in [-0.39, 0.29) is 97.7 Å². The highest BCUT2D eigenvalue weighted by Gasteiger charge is 2.91. The van der Waals surface area contributed by atoms with Gasteiger partial charge in [-0.05, 0) is 373 Å². The third-order valence-corrected chi connectivity index (χ3v) is 38.5. The van der Waals surface area contributed by atoms with Crippen LogP contribution in [0.1, 0.15) is 169 Å². The highest BCUT2D eigenvalue weighted by atomic mass is 16.4. The molecule has 700 valence electrons. The molecule has 5 saturated carbocycles. The molecule has 12 aromatic rings. The zero-order valence-corrected chi connectivity index (χ0v) is 79.2. The maximum Gasteiger partial charge on any atom is 0.303 e. The van der Waals surface area contributed by atoms with Crippen LogP contribution in [0, 0.1) is 59.2 Å². The molecule has 16 atom stereocenters. The Morgan fingerprint density at radius 2 is 0.317 bits per heavy atom. The SMILES string of the molecule is O=C(O)CCc1ccc(-c2ccc(C34C5=C6C7CCC5C5CCC8C(=C53)[C@@]3(c5ccc(-c9ccc(CCC(=O)O)cc9)cc5)C5=C9C(CCC58)C5CCC8C%10=C5[C@@]9(c5ccc(-c9ccc(CCC(=O)O)cc9)cc5)C5=C3C4(c3ccc(-c4ccc(CCC(=O)O)cc4)cc3)C3=C5[C@]%10(c4ccc(-c5ccc(CCC(=O)O)cc5)cc4)C4=C(C7CCC48)[C@@]63c3ccc(-c4ccc(CCC(=O)O)cc4)cc3)cc2)cc1. The van der Waals surface area contributed by atoms with Crippen molar-refractivity contribution in [2.75, 3.05) is 0 Å². The second-order valence-electron chi connectivity index (χ2n) is 44.1. The molecule has 0 aliphatic heterocycles. The number of carboxylic acid groups (broad SMARTS) is 6. The van der Waals surface area contributed by atoms with Gasteiger partial charge in [0.2, 0.25) is 0 Å². The normalized spacial score (nSPS) is 28.6. The summed E-state index contributed by atoms with van der Waals surface area (Å²) >= 11 is 0. The minimum atomic E-state index is -1.08. The van der Waals surface area contributed by atoms with Crippen molar-refractivity contribution in [3.05, 3.63) is 436 Å². The number of carbonyl (C=O) groups is 6. The summed E-state index contributed by atoms with van der Waals surface area (Å²) in [6.07, 6.45) is 13.6. The highest BCUT2D eigenvalue weighted by molar-refractivity contribution is 6.02. The van der Waals surface area contributed by atoms with E-state index in [9.17, 15) is 59.4 Å². The second kappa shape index (κ2) is 31.1. The number of hydrogen-bond donors (Lipinski definition) is 6. The van der Waals surface area contributed by atoms with Gasteiger partial charge in [0.1, 0.15) is 0 Å². The summed E-state index contributed by atoms with van der Waals surface area (Å²) in [7, 11) is 0. The Bertz CT molecular complexity index is 7400. The van der Waals surface area contributed by atoms with Crippen molar-refractivity contribution in [3.63, 3.8) is 0 Å². The van der Waals surface area contributed by atoms with E-state index in [1.165, 1.54) is 33.4 Å². The lowest BCUT2D eigenvalue weighted by molar-refractivity contribution is -0.138. The average molecular weight is 1860 g/mol. The van der Waals surface area contributed by atoms with Crippen molar-refractivity contribution < 1.29 is 59.4 Å². The molecule has 0 aromatic heterocycles. The van der Waals surface area contributed by atoms with Gasteiger partial charge in [0.05, 0.1) is 32.5 Å². The molecule has 142 heavy (non-hydrogen) atoms. The van der Waals surface area contributed by atoms with E-state index >= 15 is 0 Å². The van der Waals surface area contributed by atoms with Gasteiger partial charge in [0.15, 0.2) is 0 Å². The average Bonchev–Trinajstić information content (AvgIpc) is 1.38. The molecule has 12 unspecified atom stereocenters. The minimum Gasteiger partial charge on any atom is -0.481 e. The molecule has 6 N–H and O–H groups in total. The van der Waals surface area contributed by atoms with Crippen molar-refractivity contribution >= 4 is 35.8 Å². The lowest BCUT2D eigenvalue weighted by Gasteiger charge is -2.68. The Balaban J connectivity index is 0.821. The van der Waals surface area contributed by atoms with Gasteiger partial charge in [-0.3, -0.25) is 28.8 Å². The topological polar surface area (TPSA) is 224 Å². The number of hydrogen-bond acceptors (Lipinski definition) is 6. The predicted molar refractivity (Wildman–Crippen MR) is 547 cm³/mol. The van der Waals surface area contributed by atoms with Crippen molar-refractivity contribution in [1.29, 1.82) is 0 Å². The van der Waals surface area contributed by atoms with Crippen LogP contribution < -0.4 is 0 Å². The van der Waals surface area contributed by atoms with Gasteiger partial charge in [-0.15, -0.1) is 0 Å². The molecule has 0 saturated heterocycles. The van der Waals surface area contributed by atoms with E-state index in [2.05, 4.69) is 291 Å². The lowest BCUT2D eigenvalue weighted by atomic mass is 9.32. The smallest absolute Gasteiger partial charge is 0.303 e. The number of aryl methyl sites for hydroxylation is 6. The van der Waals surface area contributed by atoms with Crippen LogP contribution in [-0.2, 0) is 99.8 Å². The number of rotatable bonds is 30. The van der Waals surface area contributed by atoms with E-state index in [0.29, 0.717) is 38.5 Å². The van der Waals surface area contributed by atoms with Crippen LogP contribution in [-0.4, -0.2) is 66.5 Å². The van der Waals surface area contributed by atoms with Gasteiger partial charge < -0.3 is 30.6 Å². The number of benzene rings is 12. The largest absolute Gasteiger partial charge is 0.481 e. The number of fused-ring (bicyclic) bond motifs is 5. The molecule has 0 radical (unpaired) electrons. The van der Waals surface area contributed by atoms with Crippen molar-refractivity contribution in [2.45, 2.75) is 174 Å². The Labute approximate surface area is 825 Å². The van der Waals surface area contributed by atoms with E-state index in [4.69, 9.17) is 0 Å². The van der Waals surface area contributed by atoms with Crippen LogP contribution in [0.4, 0.5) is 0 Å². The maximum absolute atomic E-state index is 12.3. The van der Waals surface area contributed by atoms with Gasteiger partial charge in [-0.25, -0.2) is 0 Å². The van der Waals surface area contributed by atoms with E-state index in [1.54, 1.807) is 78.0 Å². The fraction of sp³-hybridized carbons (Fsp3) is 0.292. The van der Waals surface area contributed by atoms with Gasteiger partial charge >= 0.3 is 35.8 Å². The van der Waals surface area contributed by atoms with E-state index < -0.39 is 68.3 Å². The molecule has 0 spiro atoms. The summed E-state index contributed by atoms with van der Waals surface area (Å²) in [5.74, 6) is -3.06. The first-order chi connectivity index (χ1) is 69.3. The monoisotopic (exact) mass is 1860 g/mol. The highest BCUT2D eigenvalue weighted by Crippen LogP contribution is 2.97. The molecule has 16 aliphatic carbocycles. The summed E-state index contributed by atoms with van der Waals surface area (Å²) in [6.45, 7) is 0. The summed E-state index contributed by atoms with van der Waals surface area (Å²) in [5.41, 5.74) is 44.8.